The van der Waals surface area contributed by atoms with E-state index in [1.807, 2.05) is 0 Å². The van der Waals surface area contributed by atoms with Crippen molar-refractivity contribution in [2.45, 2.75) is 18.8 Å². The van der Waals surface area contributed by atoms with E-state index in [9.17, 15) is 4.79 Å². The summed E-state index contributed by atoms with van der Waals surface area (Å²) in [6, 6.07) is 8.92. The Morgan fingerprint density at radius 1 is 1.50 bits per heavy atom. The van der Waals surface area contributed by atoms with Gasteiger partial charge in [-0.1, -0.05) is 6.07 Å². The fraction of sp³-hybridized carbons (Fsp3) is 0.286. The van der Waals surface area contributed by atoms with Crippen molar-refractivity contribution < 1.29 is 4.79 Å². The number of nitriles is 1. The third kappa shape index (κ3) is 2.26. The maximum absolute atomic E-state index is 12.3. The van der Waals surface area contributed by atoms with E-state index in [0.29, 0.717) is 17.2 Å². The number of amides is 1. The lowest BCUT2D eigenvalue weighted by atomic mass is 10.2. The van der Waals surface area contributed by atoms with Gasteiger partial charge in [-0.15, -0.1) is 5.10 Å². The zero-order chi connectivity index (χ0) is 14.1. The van der Waals surface area contributed by atoms with Gasteiger partial charge in [0, 0.05) is 18.7 Å². The van der Waals surface area contributed by atoms with Gasteiger partial charge in [0.15, 0.2) is 0 Å². The first-order valence-electron chi connectivity index (χ1n) is 6.39. The van der Waals surface area contributed by atoms with E-state index in [-0.39, 0.29) is 11.7 Å². The molecule has 6 nitrogen and oxygen atoms in total. The molecule has 0 bridgehead atoms. The van der Waals surface area contributed by atoms with Gasteiger partial charge in [0.25, 0.3) is 5.91 Å². The van der Waals surface area contributed by atoms with Crippen LogP contribution in [-0.2, 0) is 0 Å². The van der Waals surface area contributed by atoms with Gasteiger partial charge in [-0.05, 0) is 31.0 Å². The van der Waals surface area contributed by atoms with E-state index in [0.717, 1.165) is 18.7 Å². The smallest absolute Gasteiger partial charge is 0.297 e. The second-order valence-electron chi connectivity index (χ2n) is 4.84. The second-order valence-corrected chi connectivity index (χ2v) is 4.84. The minimum atomic E-state index is -0.289. The summed E-state index contributed by atoms with van der Waals surface area (Å²) >= 11 is 0. The van der Waals surface area contributed by atoms with E-state index < -0.39 is 0 Å². The molecule has 0 unspecified atom stereocenters. The number of nitrogens with one attached hydrogen (secondary N) is 1. The predicted molar refractivity (Wildman–Crippen MR) is 72.2 cm³/mol. The molecule has 6 heteroatoms. The summed E-state index contributed by atoms with van der Waals surface area (Å²) in [6.07, 6.45) is 2.20. The first kappa shape index (κ1) is 12.4. The summed E-state index contributed by atoms with van der Waals surface area (Å²) in [5, 5.41) is 15.7. The summed E-state index contributed by atoms with van der Waals surface area (Å²) in [4.78, 5) is 18.0. The first-order chi connectivity index (χ1) is 9.69. The Bertz CT molecular complexity index is 696. The molecule has 1 amide bonds. The average Bonchev–Trinajstić information content (AvgIpc) is 3.23. The minimum Gasteiger partial charge on any atom is -0.309 e. The Hall–Kier alpha value is -2.68. The fourth-order valence-corrected chi connectivity index (χ4v) is 1.96. The Morgan fingerprint density at radius 3 is 3.00 bits per heavy atom. The standard InChI is InChI=1S/C14H13N5O/c1-19(11-4-2-3-9(7-11)8-15)14(20)13-16-12(17-18-13)10-5-6-10/h2-4,7,10H,5-6H2,1H3,(H,16,17,18). The molecule has 1 aromatic heterocycles. The summed E-state index contributed by atoms with van der Waals surface area (Å²) < 4.78 is 0. The van der Waals surface area contributed by atoms with Gasteiger partial charge in [0.05, 0.1) is 11.6 Å². The maximum atomic E-state index is 12.3. The van der Waals surface area contributed by atoms with Crippen molar-refractivity contribution in [1.29, 1.82) is 5.26 Å². The van der Waals surface area contributed by atoms with Gasteiger partial charge in [0.2, 0.25) is 5.82 Å². The number of hydrogen-bond acceptors (Lipinski definition) is 4. The number of H-pyrrole nitrogens is 1. The van der Waals surface area contributed by atoms with Crippen molar-refractivity contribution >= 4 is 11.6 Å². The van der Waals surface area contributed by atoms with Crippen LogP contribution in [-0.4, -0.2) is 28.1 Å². The minimum absolute atomic E-state index is 0.164. The van der Waals surface area contributed by atoms with E-state index in [1.165, 1.54) is 4.90 Å². The van der Waals surface area contributed by atoms with Gasteiger partial charge < -0.3 is 4.90 Å². The van der Waals surface area contributed by atoms with Crippen molar-refractivity contribution in [3.63, 3.8) is 0 Å². The molecule has 0 saturated heterocycles. The van der Waals surface area contributed by atoms with Crippen LogP contribution in [0.4, 0.5) is 5.69 Å². The van der Waals surface area contributed by atoms with Gasteiger partial charge in [0.1, 0.15) is 5.82 Å². The number of nitrogens with zero attached hydrogens (tertiary/aromatic N) is 4. The molecule has 0 spiro atoms. The van der Waals surface area contributed by atoms with Crippen molar-refractivity contribution in [2.75, 3.05) is 11.9 Å². The maximum Gasteiger partial charge on any atom is 0.297 e. The molecule has 1 heterocycles. The van der Waals surface area contributed by atoms with Crippen LogP contribution in [0.5, 0.6) is 0 Å². The highest BCUT2D eigenvalue weighted by atomic mass is 16.2. The summed E-state index contributed by atoms with van der Waals surface area (Å²) in [7, 11) is 1.64. The Labute approximate surface area is 116 Å². The number of aromatic nitrogens is 3. The zero-order valence-electron chi connectivity index (χ0n) is 11.0. The topological polar surface area (TPSA) is 85.7 Å². The Morgan fingerprint density at radius 2 is 2.30 bits per heavy atom. The predicted octanol–water partition coefficient (Wildman–Crippen LogP) is 1.83. The van der Waals surface area contributed by atoms with E-state index in [1.54, 1.807) is 31.3 Å². The van der Waals surface area contributed by atoms with E-state index >= 15 is 0 Å². The van der Waals surface area contributed by atoms with Crippen LogP contribution in [0, 0.1) is 11.3 Å². The van der Waals surface area contributed by atoms with Crippen LogP contribution in [0.25, 0.3) is 0 Å². The molecule has 3 rings (SSSR count). The molecule has 100 valence electrons. The third-order valence-electron chi connectivity index (χ3n) is 3.33. The highest BCUT2D eigenvalue weighted by Gasteiger charge is 2.29. The zero-order valence-corrected chi connectivity index (χ0v) is 11.0. The van der Waals surface area contributed by atoms with Crippen LogP contribution in [0.2, 0.25) is 0 Å². The lowest BCUT2D eigenvalue weighted by Gasteiger charge is -2.15. The quantitative estimate of drug-likeness (QED) is 0.919. The van der Waals surface area contributed by atoms with Crippen LogP contribution in [0.15, 0.2) is 24.3 Å². The summed E-state index contributed by atoms with van der Waals surface area (Å²) in [5.74, 6) is 1.09. The fourth-order valence-electron chi connectivity index (χ4n) is 1.96. The van der Waals surface area contributed by atoms with Crippen molar-refractivity contribution in [2.24, 2.45) is 0 Å². The number of benzene rings is 1. The average molecular weight is 267 g/mol. The van der Waals surface area contributed by atoms with Gasteiger partial charge in [-0.2, -0.15) is 5.26 Å². The van der Waals surface area contributed by atoms with Crippen molar-refractivity contribution in [1.82, 2.24) is 15.2 Å². The number of hydrogen-bond donors (Lipinski definition) is 1. The molecule has 0 aliphatic heterocycles. The molecule has 2 aromatic rings. The lowest BCUT2D eigenvalue weighted by Crippen LogP contribution is -2.27. The van der Waals surface area contributed by atoms with E-state index in [2.05, 4.69) is 21.3 Å². The van der Waals surface area contributed by atoms with Gasteiger partial charge in [-0.25, -0.2) is 4.98 Å². The molecule has 20 heavy (non-hydrogen) atoms. The van der Waals surface area contributed by atoms with Gasteiger partial charge >= 0.3 is 0 Å². The Balaban J connectivity index is 1.82. The monoisotopic (exact) mass is 267 g/mol. The summed E-state index contributed by atoms with van der Waals surface area (Å²) in [5.41, 5.74) is 1.16. The molecule has 1 saturated carbocycles. The highest BCUT2D eigenvalue weighted by Crippen LogP contribution is 2.37. The molecule has 1 aliphatic rings. The molecule has 1 aliphatic carbocycles. The third-order valence-corrected chi connectivity index (χ3v) is 3.33. The molecule has 0 atom stereocenters. The van der Waals surface area contributed by atoms with Crippen LogP contribution >= 0.6 is 0 Å². The summed E-state index contributed by atoms with van der Waals surface area (Å²) in [6.45, 7) is 0. The molecular formula is C14H13N5O. The normalized spacial score (nSPS) is 13.8. The first-order valence-corrected chi connectivity index (χ1v) is 6.39. The number of carbonyl (C=O) groups excluding carboxylic acids is 1. The van der Waals surface area contributed by atoms with Gasteiger partial charge in [-0.3, -0.25) is 9.89 Å². The van der Waals surface area contributed by atoms with Crippen LogP contribution in [0.1, 0.15) is 40.8 Å². The van der Waals surface area contributed by atoms with Crippen LogP contribution < -0.4 is 4.90 Å². The molecule has 0 radical (unpaired) electrons. The largest absolute Gasteiger partial charge is 0.309 e. The second kappa shape index (κ2) is 4.78. The number of rotatable bonds is 3. The highest BCUT2D eigenvalue weighted by molar-refractivity contribution is 6.03. The van der Waals surface area contributed by atoms with E-state index in [4.69, 9.17) is 5.26 Å². The number of anilines is 1. The molecule has 1 fully saturated rings. The van der Waals surface area contributed by atoms with Crippen molar-refractivity contribution in [3.05, 3.63) is 41.5 Å². The molecular weight excluding hydrogens is 254 g/mol. The Kier molecular flexibility index (Phi) is 2.95. The lowest BCUT2D eigenvalue weighted by molar-refractivity contribution is 0.0983. The number of carbonyl (C=O) groups is 1. The molecule has 1 aromatic carbocycles. The van der Waals surface area contributed by atoms with Crippen LogP contribution in [0.3, 0.4) is 0 Å². The SMILES string of the molecule is CN(C(=O)c1n[nH]c(C2CC2)n1)c1cccc(C#N)c1. The molecule has 1 N–H and O–H groups in total. The number of aromatic amines is 1. The van der Waals surface area contributed by atoms with Crippen molar-refractivity contribution in [3.8, 4) is 6.07 Å².